The molecule has 0 saturated carbocycles. The molecule has 5 nitrogen and oxygen atoms in total. The number of hydrogen-bond acceptors (Lipinski definition) is 3. The van der Waals surface area contributed by atoms with Gasteiger partial charge >= 0.3 is 0 Å². The van der Waals surface area contributed by atoms with Gasteiger partial charge in [-0.3, -0.25) is 9.48 Å². The molecule has 1 aromatic carbocycles. The smallest absolute Gasteiger partial charge is 0.220 e. The zero-order chi connectivity index (χ0) is 17.0. The van der Waals surface area contributed by atoms with Crippen molar-refractivity contribution in [3.8, 4) is 6.07 Å². The molecule has 0 aliphatic heterocycles. The Bertz CT molecular complexity index is 738. The summed E-state index contributed by atoms with van der Waals surface area (Å²) in [5.41, 5.74) is 4.85. The summed E-state index contributed by atoms with van der Waals surface area (Å²) in [6, 6.07) is 9.29. The lowest BCUT2D eigenvalue weighted by atomic mass is 10.1. The molecule has 120 valence electrons. The predicted octanol–water partition coefficient (Wildman–Crippen LogP) is 2.72. The third-order valence-electron chi connectivity index (χ3n) is 4.18. The fourth-order valence-electron chi connectivity index (χ4n) is 2.66. The Hall–Kier alpha value is -2.61. The average Bonchev–Trinajstić information content (AvgIpc) is 2.78. The molecule has 1 atom stereocenters. The SMILES string of the molecule is Cc1nn(C)c(C)c1CCC(=O)NC(C)c1ccc(C#N)cc1. The summed E-state index contributed by atoms with van der Waals surface area (Å²) >= 11 is 0. The molecule has 0 aliphatic rings. The van der Waals surface area contributed by atoms with Crippen molar-refractivity contribution in [3.05, 3.63) is 52.3 Å². The first-order valence-electron chi connectivity index (χ1n) is 7.71. The number of carbonyl (C=O) groups excluding carboxylic acids is 1. The van der Waals surface area contributed by atoms with Crippen molar-refractivity contribution in [2.75, 3.05) is 0 Å². The van der Waals surface area contributed by atoms with Gasteiger partial charge in [0.2, 0.25) is 5.91 Å². The highest BCUT2D eigenvalue weighted by atomic mass is 16.1. The third kappa shape index (κ3) is 3.98. The van der Waals surface area contributed by atoms with E-state index < -0.39 is 0 Å². The van der Waals surface area contributed by atoms with E-state index in [0.29, 0.717) is 18.4 Å². The quantitative estimate of drug-likeness (QED) is 0.923. The zero-order valence-corrected chi connectivity index (χ0v) is 14.1. The molecule has 1 amide bonds. The Morgan fingerprint density at radius 3 is 2.52 bits per heavy atom. The lowest BCUT2D eigenvalue weighted by molar-refractivity contribution is -0.121. The van der Waals surface area contributed by atoms with Crippen LogP contribution in [0.25, 0.3) is 0 Å². The lowest BCUT2D eigenvalue weighted by Gasteiger charge is -2.14. The van der Waals surface area contributed by atoms with Crippen molar-refractivity contribution in [1.82, 2.24) is 15.1 Å². The van der Waals surface area contributed by atoms with Gasteiger partial charge in [0.1, 0.15) is 0 Å². The second kappa shape index (κ2) is 7.10. The molecule has 1 heterocycles. The van der Waals surface area contributed by atoms with Crippen LogP contribution in [0.2, 0.25) is 0 Å². The van der Waals surface area contributed by atoms with Crippen LogP contribution in [-0.2, 0) is 18.3 Å². The normalized spacial score (nSPS) is 11.8. The van der Waals surface area contributed by atoms with Crippen LogP contribution in [-0.4, -0.2) is 15.7 Å². The number of carbonyl (C=O) groups is 1. The highest BCUT2D eigenvalue weighted by Gasteiger charge is 2.13. The van der Waals surface area contributed by atoms with E-state index in [4.69, 9.17) is 5.26 Å². The summed E-state index contributed by atoms with van der Waals surface area (Å²) in [6.45, 7) is 5.94. The summed E-state index contributed by atoms with van der Waals surface area (Å²) in [4.78, 5) is 12.2. The molecular weight excluding hydrogens is 288 g/mol. The number of nitrogens with one attached hydrogen (secondary N) is 1. The van der Waals surface area contributed by atoms with Gasteiger partial charge in [-0.05, 0) is 50.5 Å². The first kappa shape index (κ1) is 16.8. The molecule has 0 aliphatic carbocycles. The first-order chi connectivity index (χ1) is 10.9. The largest absolute Gasteiger partial charge is 0.350 e. The van der Waals surface area contributed by atoms with Crippen LogP contribution in [0.3, 0.4) is 0 Å². The van der Waals surface area contributed by atoms with E-state index in [-0.39, 0.29) is 11.9 Å². The molecule has 5 heteroatoms. The van der Waals surface area contributed by atoms with E-state index in [1.54, 1.807) is 12.1 Å². The molecule has 1 aromatic heterocycles. The van der Waals surface area contributed by atoms with Crippen LogP contribution in [0.5, 0.6) is 0 Å². The first-order valence-corrected chi connectivity index (χ1v) is 7.71. The number of amides is 1. The van der Waals surface area contributed by atoms with Gasteiger partial charge < -0.3 is 5.32 Å². The topological polar surface area (TPSA) is 70.7 Å². The van der Waals surface area contributed by atoms with E-state index in [0.717, 1.165) is 22.5 Å². The summed E-state index contributed by atoms with van der Waals surface area (Å²) in [5, 5.41) is 16.2. The predicted molar refractivity (Wildman–Crippen MR) is 88.7 cm³/mol. The number of nitriles is 1. The van der Waals surface area contributed by atoms with Crippen molar-refractivity contribution in [2.24, 2.45) is 7.05 Å². The Labute approximate surface area is 136 Å². The molecule has 2 rings (SSSR count). The minimum Gasteiger partial charge on any atom is -0.350 e. The maximum absolute atomic E-state index is 12.2. The summed E-state index contributed by atoms with van der Waals surface area (Å²) in [5.74, 6) is 0.0181. The van der Waals surface area contributed by atoms with Crippen LogP contribution >= 0.6 is 0 Å². The number of nitrogens with zero attached hydrogens (tertiary/aromatic N) is 3. The van der Waals surface area contributed by atoms with Gasteiger partial charge in [0.15, 0.2) is 0 Å². The van der Waals surface area contributed by atoms with Gasteiger partial charge in [0.05, 0.1) is 23.4 Å². The molecule has 1 unspecified atom stereocenters. The van der Waals surface area contributed by atoms with E-state index >= 15 is 0 Å². The lowest BCUT2D eigenvalue weighted by Crippen LogP contribution is -2.26. The van der Waals surface area contributed by atoms with Crippen LogP contribution < -0.4 is 5.32 Å². The van der Waals surface area contributed by atoms with Crippen molar-refractivity contribution in [1.29, 1.82) is 5.26 Å². The summed E-state index contributed by atoms with van der Waals surface area (Å²) < 4.78 is 1.85. The minimum atomic E-state index is -0.0775. The maximum Gasteiger partial charge on any atom is 0.220 e. The Kier molecular flexibility index (Phi) is 5.17. The molecular formula is C18H22N4O. The zero-order valence-electron chi connectivity index (χ0n) is 14.1. The van der Waals surface area contributed by atoms with Gasteiger partial charge in [-0.15, -0.1) is 0 Å². The molecule has 0 bridgehead atoms. The van der Waals surface area contributed by atoms with Gasteiger partial charge in [-0.2, -0.15) is 10.4 Å². The Morgan fingerprint density at radius 2 is 2.00 bits per heavy atom. The van der Waals surface area contributed by atoms with Crippen molar-refractivity contribution in [3.63, 3.8) is 0 Å². The van der Waals surface area contributed by atoms with Crippen molar-refractivity contribution < 1.29 is 4.79 Å². The molecule has 0 radical (unpaired) electrons. The second-order valence-electron chi connectivity index (χ2n) is 5.80. The number of hydrogen-bond donors (Lipinski definition) is 1. The Balaban J connectivity index is 1.92. The molecule has 1 N–H and O–H groups in total. The highest BCUT2D eigenvalue weighted by molar-refractivity contribution is 5.76. The standard InChI is InChI=1S/C18H22N4O/c1-12(16-7-5-15(11-19)6-8-16)20-18(23)10-9-17-13(2)21-22(4)14(17)3/h5-8,12H,9-10H2,1-4H3,(H,20,23). The van der Waals surface area contributed by atoms with E-state index in [1.807, 2.05) is 44.6 Å². The fourth-order valence-corrected chi connectivity index (χ4v) is 2.66. The van der Waals surface area contributed by atoms with Gasteiger partial charge in [-0.25, -0.2) is 0 Å². The monoisotopic (exact) mass is 310 g/mol. The molecule has 0 saturated heterocycles. The number of aryl methyl sites for hydroxylation is 2. The average molecular weight is 310 g/mol. The number of benzene rings is 1. The second-order valence-corrected chi connectivity index (χ2v) is 5.80. The van der Waals surface area contributed by atoms with Crippen molar-refractivity contribution in [2.45, 2.75) is 39.7 Å². The molecule has 23 heavy (non-hydrogen) atoms. The van der Waals surface area contributed by atoms with E-state index in [9.17, 15) is 4.79 Å². The van der Waals surface area contributed by atoms with E-state index in [1.165, 1.54) is 0 Å². The number of rotatable bonds is 5. The summed E-state index contributed by atoms with van der Waals surface area (Å²) in [7, 11) is 1.92. The number of aromatic nitrogens is 2. The van der Waals surface area contributed by atoms with Crippen LogP contribution in [0.4, 0.5) is 0 Å². The third-order valence-corrected chi connectivity index (χ3v) is 4.18. The van der Waals surface area contributed by atoms with Crippen LogP contribution in [0, 0.1) is 25.2 Å². The van der Waals surface area contributed by atoms with Gasteiger partial charge in [-0.1, -0.05) is 12.1 Å². The van der Waals surface area contributed by atoms with Crippen LogP contribution in [0.1, 0.15) is 47.5 Å². The fraction of sp³-hybridized carbons (Fsp3) is 0.389. The molecule has 2 aromatic rings. The molecule has 0 fully saturated rings. The maximum atomic E-state index is 12.2. The van der Waals surface area contributed by atoms with E-state index in [2.05, 4.69) is 16.5 Å². The summed E-state index contributed by atoms with van der Waals surface area (Å²) in [6.07, 6.45) is 1.13. The minimum absolute atomic E-state index is 0.0181. The molecule has 0 spiro atoms. The van der Waals surface area contributed by atoms with Gasteiger partial charge in [0.25, 0.3) is 0 Å². The van der Waals surface area contributed by atoms with Crippen molar-refractivity contribution >= 4 is 5.91 Å². The Morgan fingerprint density at radius 1 is 1.35 bits per heavy atom. The van der Waals surface area contributed by atoms with Crippen LogP contribution in [0.15, 0.2) is 24.3 Å². The highest BCUT2D eigenvalue weighted by Crippen LogP contribution is 2.16. The van der Waals surface area contributed by atoms with Gasteiger partial charge in [0, 0.05) is 19.2 Å².